The summed E-state index contributed by atoms with van der Waals surface area (Å²) < 4.78 is 10.5. The summed E-state index contributed by atoms with van der Waals surface area (Å²) in [7, 11) is 3.13. The SMILES string of the molecule is COc1ccc(C(=O)N2CCN(c3cc(Cl)cc(Cl)c3)CC2)cc1OC. The summed E-state index contributed by atoms with van der Waals surface area (Å²) in [6, 6.07) is 10.7. The third-order valence-electron chi connectivity index (χ3n) is 4.41. The minimum atomic E-state index is -0.0188. The van der Waals surface area contributed by atoms with Gasteiger partial charge in [-0.3, -0.25) is 4.79 Å². The van der Waals surface area contributed by atoms with Crippen molar-refractivity contribution >= 4 is 34.8 Å². The number of benzene rings is 2. The fourth-order valence-electron chi connectivity index (χ4n) is 3.04. The summed E-state index contributed by atoms with van der Waals surface area (Å²) in [6.07, 6.45) is 0. The maximum atomic E-state index is 12.8. The van der Waals surface area contributed by atoms with Crippen LogP contribution in [0.3, 0.4) is 0 Å². The van der Waals surface area contributed by atoms with Gasteiger partial charge in [-0.1, -0.05) is 23.2 Å². The number of amides is 1. The van der Waals surface area contributed by atoms with Crippen LogP contribution in [0.2, 0.25) is 10.0 Å². The molecule has 0 aliphatic carbocycles. The molecule has 1 heterocycles. The van der Waals surface area contributed by atoms with E-state index in [1.807, 2.05) is 17.0 Å². The van der Waals surface area contributed by atoms with Gasteiger partial charge in [0.15, 0.2) is 11.5 Å². The summed E-state index contributed by atoms with van der Waals surface area (Å²) >= 11 is 12.2. The molecule has 1 amide bonds. The highest BCUT2D eigenvalue weighted by Gasteiger charge is 2.23. The number of hydrogen-bond acceptors (Lipinski definition) is 4. The molecule has 2 aromatic rings. The number of halogens is 2. The number of piperazine rings is 1. The molecule has 5 nitrogen and oxygen atoms in total. The van der Waals surface area contributed by atoms with Crippen LogP contribution < -0.4 is 14.4 Å². The molecule has 0 aromatic heterocycles. The van der Waals surface area contributed by atoms with Crippen molar-refractivity contribution < 1.29 is 14.3 Å². The minimum absolute atomic E-state index is 0.0188. The van der Waals surface area contributed by atoms with Gasteiger partial charge in [0.25, 0.3) is 5.91 Å². The van der Waals surface area contributed by atoms with Crippen molar-refractivity contribution in [2.75, 3.05) is 45.3 Å². The zero-order valence-electron chi connectivity index (χ0n) is 14.7. The molecule has 1 saturated heterocycles. The third kappa shape index (κ3) is 4.00. The lowest BCUT2D eigenvalue weighted by Crippen LogP contribution is -2.48. The number of methoxy groups -OCH3 is 2. The number of ether oxygens (including phenoxy) is 2. The topological polar surface area (TPSA) is 42.0 Å². The summed E-state index contributed by atoms with van der Waals surface area (Å²) in [4.78, 5) is 16.8. The van der Waals surface area contributed by atoms with Crippen molar-refractivity contribution in [1.29, 1.82) is 0 Å². The van der Waals surface area contributed by atoms with E-state index in [1.54, 1.807) is 38.5 Å². The number of nitrogens with zero attached hydrogens (tertiary/aromatic N) is 2. The fraction of sp³-hybridized carbons (Fsp3) is 0.316. The van der Waals surface area contributed by atoms with Crippen LogP contribution in [-0.4, -0.2) is 51.2 Å². The van der Waals surface area contributed by atoms with Gasteiger partial charge in [-0.25, -0.2) is 0 Å². The first kappa shape index (κ1) is 18.7. The summed E-state index contributed by atoms with van der Waals surface area (Å²) in [5.74, 6) is 1.13. The monoisotopic (exact) mass is 394 g/mol. The van der Waals surface area contributed by atoms with Crippen LogP contribution in [0.15, 0.2) is 36.4 Å². The molecule has 26 heavy (non-hydrogen) atoms. The molecular formula is C19H20Cl2N2O3. The molecule has 3 rings (SSSR count). The zero-order valence-corrected chi connectivity index (χ0v) is 16.2. The van der Waals surface area contributed by atoms with Gasteiger partial charge < -0.3 is 19.3 Å². The predicted molar refractivity (Wildman–Crippen MR) is 104 cm³/mol. The minimum Gasteiger partial charge on any atom is -0.493 e. The molecule has 1 aliphatic heterocycles. The summed E-state index contributed by atoms with van der Waals surface area (Å²) in [6.45, 7) is 2.68. The molecule has 0 radical (unpaired) electrons. The maximum absolute atomic E-state index is 12.8. The molecule has 138 valence electrons. The lowest BCUT2D eigenvalue weighted by Gasteiger charge is -2.36. The lowest BCUT2D eigenvalue weighted by atomic mass is 10.1. The predicted octanol–water partition coefficient (Wildman–Crippen LogP) is 3.97. The fourth-order valence-corrected chi connectivity index (χ4v) is 3.56. The second-order valence-electron chi connectivity index (χ2n) is 5.98. The Labute approximate surface area is 163 Å². The average molecular weight is 395 g/mol. The van der Waals surface area contributed by atoms with E-state index in [0.29, 0.717) is 40.2 Å². The quantitative estimate of drug-likeness (QED) is 0.786. The van der Waals surface area contributed by atoms with E-state index in [0.717, 1.165) is 18.8 Å². The number of hydrogen-bond donors (Lipinski definition) is 0. The molecule has 0 N–H and O–H groups in total. The zero-order chi connectivity index (χ0) is 18.7. The Bertz CT molecular complexity index is 785. The number of rotatable bonds is 4. The second-order valence-corrected chi connectivity index (χ2v) is 6.85. The van der Waals surface area contributed by atoms with Gasteiger partial charge in [0.05, 0.1) is 14.2 Å². The van der Waals surface area contributed by atoms with Crippen molar-refractivity contribution in [3.8, 4) is 11.5 Å². The smallest absolute Gasteiger partial charge is 0.254 e. The van der Waals surface area contributed by atoms with Crippen LogP contribution in [0.25, 0.3) is 0 Å². The molecule has 1 aliphatic rings. The van der Waals surface area contributed by atoms with E-state index in [1.165, 1.54) is 0 Å². The van der Waals surface area contributed by atoms with Gasteiger partial charge >= 0.3 is 0 Å². The molecule has 0 spiro atoms. The number of anilines is 1. The van der Waals surface area contributed by atoms with E-state index >= 15 is 0 Å². The Balaban J connectivity index is 1.68. The van der Waals surface area contributed by atoms with E-state index in [-0.39, 0.29) is 5.91 Å². The Hall–Kier alpha value is -2.11. The van der Waals surface area contributed by atoms with Crippen molar-refractivity contribution in [1.82, 2.24) is 4.90 Å². The highest BCUT2D eigenvalue weighted by molar-refractivity contribution is 6.35. The standard InChI is InChI=1S/C19H20Cl2N2O3/c1-25-17-4-3-13(9-18(17)26-2)19(24)23-7-5-22(6-8-23)16-11-14(20)10-15(21)12-16/h3-4,9-12H,5-8H2,1-2H3. The van der Waals surface area contributed by atoms with E-state index in [4.69, 9.17) is 32.7 Å². The van der Waals surface area contributed by atoms with Gasteiger partial charge in [-0.05, 0) is 36.4 Å². The molecular weight excluding hydrogens is 375 g/mol. The van der Waals surface area contributed by atoms with E-state index < -0.39 is 0 Å². The summed E-state index contributed by atoms with van der Waals surface area (Å²) in [5.41, 5.74) is 1.56. The van der Waals surface area contributed by atoms with Gasteiger partial charge in [-0.15, -0.1) is 0 Å². The Kier molecular flexibility index (Phi) is 5.79. The van der Waals surface area contributed by atoms with Crippen molar-refractivity contribution in [3.05, 3.63) is 52.0 Å². The highest BCUT2D eigenvalue weighted by Crippen LogP contribution is 2.29. The molecule has 1 fully saturated rings. The average Bonchev–Trinajstić information content (AvgIpc) is 2.66. The van der Waals surface area contributed by atoms with Gasteiger partial charge in [0, 0.05) is 47.5 Å². The number of carbonyl (C=O) groups is 1. The molecule has 0 saturated carbocycles. The number of carbonyl (C=O) groups excluding carboxylic acids is 1. The van der Waals surface area contributed by atoms with Crippen LogP contribution in [0, 0.1) is 0 Å². The van der Waals surface area contributed by atoms with Crippen LogP contribution in [-0.2, 0) is 0 Å². The van der Waals surface area contributed by atoms with Gasteiger partial charge in [0.2, 0.25) is 0 Å². The van der Waals surface area contributed by atoms with Gasteiger partial charge in [-0.2, -0.15) is 0 Å². The van der Waals surface area contributed by atoms with Crippen LogP contribution in [0.5, 0.6) is 11.5 Å². The molecule has 2 aromatic carbocycles. The molecule has 0 atom stereocenters. The van der Waals surface area contributed by atoms with Crippen molar-refractivity contribution in [2.45, 2.75) is 0 Å². The lowest BCUT2D eigenvalue weighted by molar-refractivity contribution is 0.0746. The molecule has 7 heteroatoms. The Morgan fingerprint density at radius 3 is 2.08 bits per heavy atom. The largest absolute Gasteiger partial charge is 0.493 e. The molecule has 0 unspecified atom stereocenters. The van der Waals surface area contributed by atoms with Gasteiger partial charge in [0.1, 0.15) is 0 Å². The third-order valence-corrected chi connectivity index (χ3v) is 4.85. The Morgan fingerprint density at radius 2 is 1.50 bits per heavy atom. The summed E-state index contributed by atoms with van der Waals surface area (Å²) in [5, 5.41) is 1.22. The highest BCUT2D eigenvalue weighted by atomic mass is 35.5. The van der Waals surface area contributed by atoms with Crippen LogP contribution in [0.1, 0.15) is 10.4 Å². The second kappa shape index (κ2) is 8.06. The first-order chi connectivity index (χ1) is 12.5. The first-order valence-corrected chi connectivity index (χ1v) is 8.99. The van der Waals surface area contributed by atoms with Crippen molar-refractivity contribution in [2.24, 2.45) is 0 Å². The van der Waals surface area contributed by atoms with Crippen molar-refractivity contribution in [3.63, 3.8) is 0 Å². The molecule has 0 bridgehead atoms. The maximum Gasteiger partial charge on any atom is 0.254 e. The normalized spacial score (nSPS) is 14.3. The Morgan fingerprint density at radius 1 is 0.885 bits per heavy atom. The first-order valence-electron chi connectivity index (χ1n) is 8.24. The van der Waals surface area contributed by atoms with Crippen LogP contribution >= 0.6 is 23.2 Å². The van der Waals surface area contributed by atoms with Crippen LogP contribution in [0.4, 0.5) is 5.69 Å². The van der Waals surface area contributed by atoms with E-state index in [9.17, 15) is 4.79 Å². The van der Waals surface area contributed by atoms with E-state index in [2.05, 4.69) is 4.90 Å².